The van der Waals surface area contributed by atoms with Gasteiger partial charge in [0.15, 0.2) is 0 Å². The first-order valence-electron chi connectivity index (χ1n) is 12.6. The quantitative estimate of drug-likeness (QED) is 0.178. The lowest BCUT2D eigenvalue weighted by atomic mass is 9.93. The molecule has 1 atom stereocenters. The molecule has 5 rings (SSSR count). The van der Waals surface area contributed by atoms with Crippen molar-refractivity contribution in [2.24, 2.45) is 0 Å². The fourth-order valence-electron chi connectivity index (χ4n) is 4.79. The first kappa shape index (κ1) is 25.0. The fourth-order valence-corrected chi connectivity index (χ4v) is 4.79. The molecule has 1 saturated heterocycles. The monoisotopic (exact) mass is 503 g/mol. The average Bonchev–Trinajstić information content (AvgIpc) is 3.19. The summed E-state index contributed by atoms with van der Waals surface area (Å²) in [6.07, 6.45) is 0. The van der Waals surface area contributed by atoms with E-state index in [-0.39, 0.29) is 17.9 Å². The molecular weight excluding hydrogens is 474 g/mol. The van der Waals surface area contributed by atoms with Crippen molar-refractivity contribution in [3.8, 4) is 5.75 Å². The molecule has 0 aliphatic carbocycles. The van der Waals surface area contributed by atoms with E-state index >= 15 is 0 Å². The summed E-state index contributed by atoms with van der Waals surface area (Å²) in [5.74, 6) is -0.800. The first-order valence-corrected chi connectivity index (χ1v) is 12.6. The lowest BCUT2D eigenvalue weighted by Crippen LogP contribution is -2.29. The van der Waals surface area contributed by atoms with Gasteiger partial charge in [-0.25, -0.2) is 0 Å². The molecule has 0 aromatic heterocycles. The first-order chi connectivity index (χ1) is 18.4. The van der Waals surface area contributed by atoms with E-state index < -0.39 is 17.7 Å². The Morgan fingerprint density at radius 2 is 1.45 bits per heavy atom. The van der Waals surface area contributed by atoms with Crippen LogP contribution in [0.2, 0.25) is 0 Å². The van der Waals surface area contributed by atoms with Crippen LogP contribution in [0.25, 0.3) is 5.76 Å². The number of benzene rings is 4. The Labute approximate surface area is 222 Å². The summed E-state index contributed by atoms with van der Waals surface area (Å²) >= 11 is 0. The number of ketones is 1. The molecule has 1 N–H and O–H groups in total. The zero-order chi connectivity index (χ0) is 26.6. The number of amides is 1. The number of ether oxygens (including phenoxy) is 1. The fraction of sp³-hybridized carbons (Fsp3) is 0.152. The van der Waals surface area contributed by atoms with E-state index in [4.69, 9.17) is 4.74 Å². The molecule has 190 valence electrons. The summed E-state index contributed by atoms with van der Waals surface area (Å²) in [5.41, 5.74) is 5.10. The van der Waals surface area contributed by atoms with Gasteiger partial charge in [0, 0.05) is 12.1 Å². The molecule has 0 bridgehead atoms. The van der Waals surface area contributed by atoms with Crippen LogP contribution in [0.5, 0.6) is 5.75 Å². The van der Waals surface area contributed by atoms with Crippen molar-refractivity contribution in [1.29, 1.82) is 0 Å². The van der Waals surface area contributed by atoms with Gasteiger partial charge in [-0.15, -0.1) is 0 Å². The van der Waals surface area contributed by atoms with Crippen molar-refractivity contribution < 1.29 is 19.4 Å². The Balaban J connectivity index is 1.54. The maximum atomic E-state index is 13.4. The van der Waals surface area contributed by atoms with Gasteiger partial charge in [-0.3, -0.25) is 9.59 Å². The number of rotatable bonds is 7. The molecule has 1 amide bonds. The molecule has 0 radical (unpaired) electrons. The van der Waals surface area contributed by atoms with Crippen LogP contribution in [-0.2, 0) is 22.7 Å². The Kier molecular flexibility index (Phi) is 7.09. The highest BCUT2D eigenvalue weighted by molar-refractivity contribution is 6.46. The third-order valence-electron chi connectivity index (χ3n) is 6.83. The average molecular weight is 504 g/mol. The zero-order valence-corrected chi connectivity index (χ0v) is 21.4. The summed E-state index contributed by atoms with van der Waals surface area (Å²) in [7, 11) is 0. The van der Waals surface area contributed by atoms with Gasteiger partial charge in [0.05, 0.1) is 11.6 Å². The van der Waals surface area contributed by atoms with Gasteiger partial charge in [0.2, 0.25) is 0 Å². The molecule has 0 spiro atoms. The molecule has 1 unspecified atom stereocenters. The van der Waals surface area contributed by atoms with E-state index in [9.17, 15) is 14.7 Å². The van der Waals surface area contributed by atoms with E-state index in [0.29, 0.717) is 17.9 Å². The number of hydrogen-bond acceptors (Lipinski definition) is 4. The number of aliphatic hydroxyl groups excluding tert-OH is 1. The second-order valence-corrected chi connectivity index (χ2v) is 9.57. The highest BCUT2D eigenvalue weighted by Gasteiger charge is 2.46. The predicted molar refractivity (Wildman–Crippen MR) is 147 cm³/mol. The van der Waals surface area contributed by atoms with Crippen LogP contribution in [0.3, 0.4) is 0 Å². The van der Waals surface area contributed by atoms with Crippen molar-refractivity contribution in [2.75, 3.05) is 0 Å². The Morgan fingerprint density at radius 1 is 0.816 bits per heavy atom. The molecule has 1 heterocycles. The standard InChI is InChI=1S/C33H29NO4/c1-22-13-14-23(2)28(19-22)31(35)29-30(34(33(37)32(29)36)20-24-9-5-3-6-10-24)26-15-17-27(18-16-26)38-21-25-11-7-4-8-12-25/h3-19,30,35H,20-21H2,1-2H3. The van der Waals surface area contributed by atoms with Crippen molar-refractivity contribution in [1.82, 2.24) is 4.90 Å². The Morgan fingerprint density at radius 3 is 2.11 bits per heavy atom. The van der Waals surface area contributed by atoms with Crippen LogP contribution in [0.4, 0.5) is 0 Å². The largest absolute Gasteiger partial charge is 0.507 e. The number of aryl methyl sites for hydroxylation is 2. The maximum Gasteiger partial charge on any atom is 0.295 e. The SMILES string of the molecule is Cc1ccc(C)c(C(O)=C2C(=O)C(=O)N(Cc3ccccc3)C2c2ccc(OCc3ccccc3)cc2)c1. The molecule has 38 heavy (non-hydrogen) atoms. The topological polar surface area (TPSA) is 66.8 Å². The van der Waals surface area contributed by atoms with E-state index in [1.165, 1.54) is 4.90 Å². The highest BCUT2D eigenvalue weighted by atomic mass is 16.5. The van der Waals surface area contributed by atoms with Gasteiger partial charge >= 0.3 is 0 Å². The second kappa shape index (κ2) is 10.8. The molecule has 0 saturated carbocycles. The number of carbonyl (C=O) groups is 2. The van der Waals surface area contributed by atoms with Crippen LogP contribution < -0.4 is 4.74 Å². The molecule has 1 aliphatic rings. The summed E-state index contributed by atoms with van der Waals surface area (Å²) in [6.45, 7) is 4.48. The van der Waals surface area contributed by atoms with Crippen LogP contribution >= 0.6 is 0 Å². The second-order valence-electron chi connectivity index (χ2n) is 9.57. The van der Waals surface area contributed by atoms with Crippen molar-refractivity contribution >= 4 is 17.4 Å². The molecule has 4 aromatic carbocycles. The summed E-state index contributed by atoms with van der Waals surface area (Å²) in [5, 5.41) is 11.4. The van der Waals surface area contributed by atoms with Crippen LogP contribution in [0, 0.1) is 13.8 Å². The van der Waals surface area contributed by atoms with Gasteiger partial charge in [0.1, 0.15) is 18.1 Å². The molecule has 4 aromatic rings. The Hall–Kier alpha value is -4.64. The number of Topliss-reactive ketones (excluding diaryl/α,β-unsaturated/α-hetero) is 1. The van der Waals surface area contributed by atoms with E-state index in [2.05, 4.69) is 0 Å². The summed E-state index contributed by atoms with van der Waals surface area (Å²) in [6, 6.07) is 31.8. The van der Waals surface area contributed by atoms with Gasteiger partial charge in [-0.2, -0.15) is 0 Å². The lowest BCUT2D eigenvalue weighted by Gasteiger charge is -2.26. The van der Waals surface area contributed by atoms with E-state index in [1.54, 1.807) is 0 Å². The van der Waals surface area contributed by atoms with E-state index in [0.717, 1.165) is 27.8 Å². The minimum Gasteiger partial charge on any atom is -0.507 e. The number of nitrogens with zero attached hydrogens (tertiary/aromatic N) is 1. The minimum absolute atomic E-state index is 0.0950. The zero-order valence-electron chi connectivity index (χ0n) is 21.4. The summed E-state index contributed by atoms with van der Waals surface area (Å²) < 4.78 is 5.94. The number of likely N-dealkylation sites (tertiary alicyclic amines) is 1. The van der Waals surface area contributed by atoms with Gasteiger partial charge in [-0.1, -0.05) is 90.5 Å². The van der Waals surface area contributed by atoms with Gasteiger partial charge in [-0.05, 0) is 54.3 Å². The highest BCUT2D eigenvalue weighted by Crippen LogP contribution is 2.41. The van der Waals surface area contributed by atoms with Crippen LogP contribution in [0.1, 0.15) is 39.4 Å². The van der Waals surface area contributed by atoms with E-state index in [1.807, 2.05) is 117 Å². The predicted octanol–water partition coefficient (Wildman–Crippen LogP) is 6.50. The third-order valence-corrected chi connectivity index (χ3v) is 6.83. The smallest absolute Gasteiger partial charge is 0.295 e. The third kappa shape index (κ3) is 5.09. The molecular formula is C33H29NO4. The van der Waals surface area contributed by atoms with Crippen molar-refractivity contribution in [3.05, 3.63) is 142 Å². The molecule has 5 nitrogen and oxygen atoms in total. The normalized spacial score (nSPS) is 16.6. The summed E-state index contributed by atoms with van der Waals surface area (Å²) in [4.78, 5) is 28.3. The molecule has 5 heteroatoms. The maximum absolute atomic E-state index is 13.4. The van der Waals surface area contributed by atoms with Crippen molar-refractivity contribution in [2.45, 2.75) is 33.0 Å². The van der Waals surface area contributed by atoms with Crippen LogP contribution in [0.15, 0.2) is 109 Å². The minimum atomic E-state index is -0.738. The lowest BCUT2D eigenvalue weighted by molar-refractivity contribution is -0.140. The molecule has 1 aliphatic heterocycles. The number of hydrogen-bond donors (Lipinski definition) is 1. The number of carbonyl (C=O) groups excluding carboxylic acids is 2. The molecule has 1 fully saturated rings. The Bertz CT molecular complexity index is 1490. The van der Waals surface area contributed by atoms with Gasteiger partial charge in [0.25, 0.3) is 11.7 Å². The van der Waals surface area contributed by atoms with Gasteiger partial charge < -0.3 is 14.7 Å². The van der Waals surface area contributed by atoms with Crippen molar-refractivity contribution in [3.63, 3.8) is 0 Å². The van der Waals surface area contributed by atoms with Crippen LogP contribution in [-0.4, -0.2) is 21.7 Å². The number of aliphatic hydroxyl groups is 1.